The van der Waals surface area contributed by atoms with Gasteiger partial charge in [0.05, 0.1) is 0 Å². The number of rotatable bonds is 5. The first-order valence-electron chi connectivity index (χ1n) is 9.44. The van der Waals surface area contributed by atoms with Crippen molar-refractivity contribution in [3.63, 3.8) is 0 Å². The van der Waals surface area contributed by atoms with Crippen LogP contribution in [0.15, 0.2) is 40.1 Å². The standard InChI is InChI=1S/C19H28BrN7.HI/c1-4-21-19(22-13-18-24-23-14-25(18)3)27-11-9-26(10-12-27)15(2)16-5-7-17(20)8-6-16;/h5-8,14-15H,4,9-13H2,1-3H3,(H,21,22);1H. The third-order valence-electron chi connectivity index (χ3n) is 5.02. The lowest BCUT2D eigenvalue weighted by molar-refractivity contribution is 0.138. The predicted octanol–water partition coefficient (Wildman–Crippen LogP) is 3.04. The molecule has 7 nitrogen and oxygen atoms in total. The Hall–Kier alpha value is -1.20. The van der Waals surface area contributed by atoms with Gasteiger partial charge in [0.1, 0.15) is 12.9 Å². The van der Waals surface area contributed by atoms with E-state index >= 15 is 0 Å². The number of nitrogens with zero attached hydrogens (tertiary/aromatic N) is 6. The molecule has 1 saturated heterocycles. The number of benzene rings is 1. The first-order valence-corrected chi connectivity index (χ1v) is 10.2. The molecule has 0 amide bonds. The van der Waals surface area contributed by atoms with Gasteiger partial charge in [-0.15, -0.1) is 34.2 Å². The molecule has 1 fully saturated rings. The van der Waals surface area contributed by atoms with E-state index in [-0.39, 0.29) is 24.0 Å². The molecule has 1 aromatic carbocycles. The van der Waals surface area contributed by atoms with Crippen molar-refractivity contribution in [2.24, 2.45) is 12.0 Å². The van der Waals surface area contributed by atoms with E-state index in [1.807, 2.05) is 11.6 Å². The highest BCUT2D eigenvalue weighted by molar-refractivity contribution is 14.0. The van der Waals surface area contributed by atoms with Crippen LogP contribution in [0, 0.1) is 0 Å². The van der Waals surface area contributed by atoms with E-state index in [0.29, 0.717) is 12.6 Å². The van der Waals surface area contributed by atoms with Gasteiger partial charge in [-0.2, -0.15) is 0 Å². The number of piperazine rings is 1. The zero-order chi connectivity index (χ0) is 19.2. The summed E-state index contributed by atoms with van der Waals surface area (Å²) in [6.45, 7) is 9.74. The SMILES string of the molecule is CCNC(=NCc1nncn1C)N1CCN(C(C)c2ccc(Br)cc2)CC1.I. The van der Waals surface area contributed by atoms with Gasteiger partial charge in [0.25, 0.3) is 0 Å². The fraction of sp³-hybridized carbons (Fsp3) is 0.526. The maximum atomic E-state index is 4.76. The van der Waals surface area contributed by atoms with Crippen molar-refractivity contribution in [3.8, 4) is 0 Å². The first kappa shape index (κ1) is 23.1. The molecule has 1 aromatic heterocycles. The highest BCUT2D eigenvalue weighted by Crippen LogP contribution is 2.23. The monoisotopic (exact) mass is 561 g/mol. The van der Waals surface area contributed by atoms with Gasteiger partial charge < -0.3 is 14.8 Å². The van der Waals surface area contributed by atoms with Crippen LogP contribution in [0.5, 0.6) is 0 Å². The molecule has 0 saturated carbocycles. The number of nitrogens with one attached hydrogen (secondary N) is 1. The molecule has 0 aliphatic carbocycles. The Morgan fingerprint density at radius 2 is 1.89 bits per heavy atom. The van der Waals surface area contributed by atoms with Crippen molar-refractivity contribution in [3.05, 3.63) is 46.5 Å². The lowest BCUT2D eigenvalue weighted by atomic mass is 10.1. The summed E-state index contributed by atoms with van der Waals surface area (Å²) < 4.78 is 3.03. The Morgan fingerprint density at radius 3 is 2.46 bits per heavy atom. The van der Waals surface area contributed by atoms with E-state index in [1.165, 1.54) is 5.56 Å². The van der Waals surface area contributed by atoms with Crippen LogP contribution in [0.4, 0.5) is 0 Å². The van der Waals surface area contributed by atoms with Gasteiger partial charge in [-0.1, -0.05) is 28.1 Å². The molecular formula is C19H29BrIN7. The number of hydrogen-bond acceptors (Lipinski definition) is 4. The molecule has 1 aliphatic heterocycles. The molecule has 2 heterocycles. The van der Waals surface area contributed by atoms with Gasteiger partial charge in [-0.25, -0.2) is 4.99 Å². The molecule has 9 heteroatoms. The lowest BCUT2D eigenvalue weighted by Crippen LogP contribution is -2.52. The van der Waals surface area contributed by atoms with Gasteiger partial charge in [0.15, 0.2) is 11.8 Å². The fourth-order valence-corrected chi connectivity index (χ4v) is 3.56. The second-order valence-corrected chi connectivity index (χ2v) is 7.69. The minimum atomic E-state index is 0. The van der Waals surface area contributed by atoms with E-state index in [9.17, 15) is 0 Å². The van der Waals surface area contributed by atoms with Gasteiger partial charge in [-0.3, -0.25) is 4.90 Å². The number of aliphatic imine (C=N–C) groups is 1. The Labute approximate surface area is 192 Å². The zero-order valence-corrected chi connectivity index (χ0v) is 20.6. The lowest BCUT2D eigenvalue weighted by Gasteiger charge is -2.39. The summed E-state index contributed by atoms with van der Waals surface area (Å²) in [7, 11) is 1.94. The van der Waals surface area contributed by atoms with Crippen molar-refractivity contribution in [1.82, 2.24) is 29.9 Å². The molecule has 1 atom stereocenters. The van der Waals surface area contributed by atoms with Crippen LogP contribution in [0.25, 0.3) is 0 Å². The minimum absolute atomic E-state index is 0. The molecule has 1 aliphatic rings. The van der Waals surface area contributed by atoms with E-state index in [0.717, 1.165) is 49.0 Å². The third kappa shape index (κ3) is 5.90. The molecule has 28 heavy (non-hydrogen) atoms. The summed E-state index contributed by atoms with van der Waals surface area (Å²) in [6.07, 6.45) is 1.71. The number of hydrogen-bond donors (Lipinski definition) is 1. The second kappa shape index (κ2) is 11.1. The minimum Gasteiger partial charge on any atom is -0.357 e. The quantitative estimate of drug-likeness (QED) is 0.345. The Kier molecular flexibility index (Phi) is 9.16. The normalized spacial score (nSPS) is 16.6. The number of halogens is 2. The van der Waals surface area contributed by atoms with Crippen LogP contribution in [0.1, 0.15) is 31.3 Å². The van der Waals surface area contributed by atoms with Crippen molar-refractivity contribution in [2.45, 2.75) is 26.4 Å². The van der Waals surface area contributed by atoms with Crippen LogP contribution in [-0.2, 0) is 13.6 Å². The maximum Gasteiger partial charge on any atom is 0.194 e. The smallest absolute Gasteiger partial charge is 0.194 e. The van der Waals surface area contributed by atoms with E-state index in [2.05, 4.69) is 79.4 Å². The summed E-state index contributed by atoms with van der Waals surface area (Å²) >= 11 is 3.51. The molecule has 3 rings (SSSR count). The maximum absolute atomic E-state index is 4.76. The van der Waals surface area contributed by atoms with E-state index in [4.69, 9.17) is 4.99 Å². The molecule has 0 spiro atoms. The summed E-state index contributed by atoms with van der Waals surface area (Å²) in [5, 5.41) is 11.4. The van der Waals surface area contributed by atoms with Crippen molar-refractivity contribution in [2.75, 3.05) is 32.7 Å². The molecule has 154 valence electrons. The fourth-order valence-electron chi connectivity index (χ4n) is 3.29. The summed E-state index contributed by atoms with van der Waals surface area (Å²) in [5.74, 6) is 1.82. The summed E-state index contributed by atoms with van der Waals surface area (Å²) in [5.41, 5.74) is 1.36. The Bertz CT molecular complexity index is 754. The molecule has 1 N–H and O–H groups in total. The van der Waals surface area contributed by atoms with Gasteiger partial charge >= 0.3 is 0 Å². The average Bonchev–Trinajstić information content (AvgIpc) is 3.10. The topological polar surface area (TPSA) is 61.6 Å². The highest BCUT2D eigenvalue weighted by Gasteiger charge is 2.23. The van der Waals surface area contributed by atoms with Crippen LogP contribution < -0.4 is 5.32 Å². The number of aromatic nitrogens is 3. The van der Waals surface area contributed by atoms with Crippen LogP contribution >= 0.6 is 39.9 Å². The van der Waals surface area contributed by atoms with E-state index in [1.54, 1.807) is 6.33 Å². The van der Waals surface area contributed by atoms with Crippen molar-refractivity contribution >= 4 is 45.9 Å². The summed E-state index contributed by atoms with van der Waals surface area (Å²) in [4.78, 5) is 9.63. The van der Waals surface area contributed by atoms with Crippen LogP contribution in [0.2, 0.25) is 0 Å². The molecule has 0 radical (unpaired) electrons. The zero-order valence-electron chi connectivity index (χ0n) is 16.7. The predicted molar refractivity (Wildman–Crippen MR) is 127 cm³/mol. The molecule has 2 aromatic rings. The van der Waals surface area contributed by atoms with Crippen LogP contribution in [-0.4, -0.2) is 63.2 Å². The largest absolute Gasteiger partial charge is 0.357 e. The second-order valence-electron chi connectivity index (χ2n) is 6.78. The number of guanidine groups is 1. The third-order valence-corrected chi connectivity index (χ3v) is 5.55. The Morgan fingerprint density at radius 1 is 1.21 bits per heavy atom. The van der Waals surface area contributed by atoms with E-state index < -0.39 is 0 Å². The first-order chi connectivity index (χ1) is 13.1. The number of aryl methyl sites for hydroxylation is 1. The highest BCUT2D eigenvalue weighted by atomic mass is 127. The molecule has 0 bridgehead atoms. The van der Waals surface area contributed by atoms with Gasteiger partial charge in [0.2, 0.25) is 0 Å². The van der Waals surface area contributed by atoms with Crippen molar-refractivity contribution < 1.29 is 0 Å². The molecular weight excluding hydrogens is 533 g/mol. The summed E-state index contributed by atoms with van der Waals surface area (Å²) in [6, 6.07) is 9.05. The van der Waals surface area contributed by atoms with Gasteiger partial charge in [-0.05, 0) is 31.5 Å². The Balaban J connectivity index is 0.00000280. The van der Waals surface area contributed by atoms with Crippen molar-refractivity contribution in [1.29, 1.82) is 0 Å². The molecule has 1 unspecified atom stereocenters. The average molecular weight is 562 g/mol. The van der Waals surface area contributed by atoms with Crippen LogP contribution in [0.3, 0.4) is 0 Å². The van der Waals surface area contributed by atoms with Gasteiger partial charge in [0, 0.05) is 50.3 Å².